The third-order valence-corrected chi connectivity index (χ3v) is 4.92. The Labute approximate surface area is 169 Å². The number of aliphatic imine (C=N–C) groups is 1. The van der Waals surface area contributed by atoms with Gasteiger partial charge in [0, 0.05) is 38.9 Å². The van der Waals surface area contributed by atoms with Crippen molar-refractivity contribution in [2.75, 3.05) is 25.5 Å². The minimum atomic E-state index is 0.0606. The molecule has 1 saturated carbocycles. The zero-order chi connectivity index (χ0) is 20.0. The Hall–Kier alpha value is -2.08. The second-order valence-electron chi connectivity index (χ2n) is 7.33. The number of benzene rings is 1. The molecule has 6 nitrogen and oxygen atoms in total. The van der Waals surface area contributed by atoms with Gasteiger partial charge in [-0.05, 0) is 43.4 Å². The lowest BCUT2D eigenvalue weighted by Gasteiger charge is -2.22. The number of nitrogens with one attached hydrogen (secondary N) is 3. The quantitative estimate of drug-likeness (QED) is 0.323. The maximum Gasteiger partial charge on any atom is 0.224 e. The molecule has 0 bridgehead atoms. The molecule has 0 saturated heterocycles. The number of hydrogen-bond donors (Lipinski definition) is 3. The predicted octanol–water partition coefficient (Wildman–Crippen LogP) is 3.83. The maximum atomic E-state index is 11.6. The van der Waals surface area contributed by atoms with E-state index in [4.69, 9.17) is 4.74 Å². The fourth-order valence-corrected chi connectivity index (χ4v) is 3.32. The minimum Gasteiger partial charge on any atom is -0.378 e. The van der Waals surface area contributed by atoms with Gasteiger partial charge in [-0.25, -0.2) is 0 Å². The molecule has 28 heavy (non-hydrogen) atoms. The van der Waals surface area contributed by atoms with Crippen molar-refractivity contribution < 1.29 is 9.53 Å². The van der Waals surface area contributed by atoms with Gasteiger partial charge >= 0.3 is 0 Å². The number of rotatable bonds is 10. The summed E-state index contributed by atoms with van der Waals surface area (Å²) < 4.78 is 5.95. The van der Waals surface area contributed by atoms with Crippen LogP contribution in [0.25, 0.3) is 0 Å². The molecule has 6 heteroatoms. The molecule has 1 aliphatic carbocycles. The van der Waals surface area contributed by atoms with E-state index in [-0.39, 0.29) is 5.91 Å². The summed E-state index contributed by atoms with van der Waals surface area (Å²) in [7, 11) is 1.78. The molecule has 1 amide bonds. The smallest absolute Gasteiger partial charge is 0.224 e. The van der Waals surface area contributed by atoms with Crippen molar-refractivity contribution >= 4 is 17.6 Å². The highest BCUT2D eigenvalue weighted by Gasteiger charge is 2.13. The van der Waals surface area contributed by atoms with Gasteiger partial charge in [0.1, 0.15) is 0 Å². The lowest BCUT2D eigenvalue weighted by molar-refractivity contribution is -0.116. The molecule has 3 N–H and O–H groups in total. The van der Waals surface area contributed by atoms with Crippen molar-refractivity contribution in [1.29, 1.82) is 0 Å². The Morgan fingerprint density at radius 2 is 1.89 bits per heavy atom. The zero-order valence-electron chi connectivity index (χ0n) is 17.4. The van der Waals surface area contributed by atoms with Crippen LogP contribution in [0, 0.1) is 0 Å². The first-order valence-corrected chi connectivity index (χ1v) is 10.7. The van der Waals surface area contributed by atoms with E-state index in [0.717, 1.165) is 43.2 Å². The molecule has 0 spiro atoms. The Morgan fingerprint density at radius 1 is 1.14 bits per heavy atom. The predicted molar refractivity (Wildman–Crippen MR) is 116 cm³/mol. The third-order valence-electron chi connectivity index (χ3n) is 4.92. The second kappa shape index (κ2) is 13.2. The van der Waals surface area contributed by atoms with Crippen molar-refractivity contribution in [2.45, 2.75) is 70.9 Å². The van der Waals surface area contributed by atoms with Crippen LogP contribution in [0.15, 0.2) is 29.3 Å². The highest BCUT2D eigenvalue weighted by atomic mass is 16.5. The normalized spacial score (nSPS) is 15.3. The van der Waals surface area contributed by atoms with Crippen molar-refractivity contribution in [3.05, 3.63) is 29.8 Å². The van der Waals surface area contributed by atoms with Crippen molar-refractivity contribution in [2.24, 2.45) is 4.99 Å². The largest absolute Gasteiger partial charge is 0.378 e. The van der Waals surface area contributed by atoms with E-state index in [1.54, 1.807) is 7.05 Å². The molecule has 1 aliphatic rings. The van der Waals surface area contributed by atoms with Gasteiger partial charge < -0.3 is 20.7 Å². The van der Waals surface area contributed by atoms with Crippen LogP contribution in [-0.2, 0) is 16.1 Å². The first-order valence-electron chi connectivity index (χ1n) is 10.7. The fourth-order valence-electron chi connectivity index (χ4n) is 3.32. The van der Waals surface area contributed by atoms with E-state index in [9.17, 15) is 4.79 Å². The number of anilines is 1. The average Bonchev–Trinajstić information content (AvgIpc) is 2.72. The number of guanidine groups is 1. The molecule has 1 aromatic carbocycles. The Balaban J connectivity index is 1.61. The van der Waals surface area contributed by atoms with Crippen LogP contribution in [0.3, 0.4) is 0 Å². The number of ether oxygens (including phenoxy) is 1. The summed E-state index contributed by atoms with van der Waals surface area (Å²) in [5, 5.41) is 9.55. The summed E-state index contributed by atoms with van der Waals surface area (Å²) in [6, 6.07) is 7.90. The molecular weight excluding hydrogens is 352 g/mol. The molecule has 0 aliphatic heterocycles. The van der Waals surface area contributed by atoms with Gasteiger partial charge in [0.2, 0.25) is 5.91 Å². The minimum absolute atomic E-state index is 0.0606. The third kappa shape index (κ3) is 8.74. The molecule has 0 radical (unpaired) electrons. The first-order chi connectivity index (χ1) is 13.7. The topological polar surface area (TPSA) is 74.8 Å². The highest BCUT2D eigenvalue weighted by Crippen LogP contribution is 2.20. The number of carbonyl (C=O) groups excluding carboxylic acids is 1. The van der Waals surface area contributed by atoms with E-state index in [1.807, 2.05) is 31.2 Å². The second-order valence-corrected chi connectivity index (χ2v) is 7.33. The van der Waals surface area contributed by atoms with Crippen LogP contribution in [0.5, 0.6) is 0 Å². The lowest BCUT2D eigenvalue weighted by atomic mass is 9.98. The van der Waals surface area contributed by atoms with Gasteiger partial charge in [0.25, 0.3) is 0 Å². The van der Waals surface area contributed by atoms with Crippen LogP contribution >= 0.6 is 0 Å². The first kappa shape index (κ1) is 22.2. The molecule has 1 fully saturated rings. The Kier molecular flexibility index (Phi) is 10.4. The highest BCUT2D eigenvalue weighted by molar-refractivity contribution is 5.90. The number of amides is 1. The van der Waals surface area contributed by atoms with Crippen LogP contribution in [0.1, 0.15) is 63.9 Å². The van der Waals surface area contributed by atoms with Gasteiger partial charge in [-0.1, -0.05) is 38.3 Å². The van der Waals surface area contributed by atoms with E-state index in [1.165, 1.54) is 32.1 Å². The summed E-state index contributed by atoms with van der Waals surface area (Å²) in [6.07, 6.45) is 9.28. The molecule has 156 valence electrons. The lowest BCUT2D eigenvalue weighted by Crippen LogP contribution is -2.37. The van der Waals surface area contributed by atoms with Gasteiger partial charge in [0.05, 0.1) is 6.10 Å². The van der Waals surface area contributed by atoms with Crippen molar-refractivity contribution in [3.8, 4) is 0 Å². The van der Waals surface area contributed by atoms with Gasteiger partial charge in [0.15, 0.2) is 5.96 Å². The van der Waals surface area contributed by atoms with E-state index in [0.29, 0.717) is 19.1 Å². The number of nitrogens with zero attached hydrogens (tertiary/aromatic N) is 1. The summed E-state index contributed by atoms with van der Waals surface area (Å²) in [6.45, 7) is 4.33. The summed E-state index contributed by atoms with van der Waals surface area (Å²) >= 11 is 0. The standard InChI is InChI=1S/C22H36N4O2/c1-3-8-21(27)26-19-13-11-18(12-14-19)17-25-22(23-2)24-15-7-16-28-20-9-5-4-6-10-20/h11-14,20H,3-10,15-17H2,1-2H3,(H,26,27)(H2,23,24,25). The summed E-state index contributed by atoms with van der Waals surface area (Å²) in [5.74, 6) is 0.850. The van der Waals surface area contributed by atoms with E-state index < -0.39 is 0 Å². The number of carbonyl (C=O) groups is 1. The zero-order valence-corrected chi connectivity index (χ0v) is 17.4. The van der Waals surface area contributed by atoms with Crippen molar-refractivity contribution in [3.63, 3.8) is 0 Å². The van der Waals surface area contributed by atoms with E-state index >= 15 is 0 Å². The van der Waals surface area contributed by atoms with Gasteiger partial charge in [-0.2, -0.15) is 0 Å². The summed E-state index contributed by atoms with van der Waals surface area (Å²) in [4.78, 5) is 15.9. The van der Waals surface area contributed by atoms with Crippen LogP contribution < -0.4 is 16.0 Å². The molecule has 0 unspecified atom stereocenters. The molecule has 0 atom stereocenters. The van der Waals surface area contributed by atoms with Crippen molar-refractivity contribution in [1.82, 2.24) is 10.6 Å². The Bertz CT molecular complexity index is 595. The SMILES string of the molecule is CCCC(=O)Nc1ccc(CNC(=NC)NCCCOC2CCCCC2)cc1. The van der Waals surface area contributed by atoms with Crippen LogP contribution in [-0.4, -0.2) is 38.2 Å². The molecule has 0 aromatic heterocycles. The fraction of sp³-hybridized carbons (Fsp3) is 0.636. The average molecular weight is 389 g/mol. The number of hydrogen-bond acceptors (Lipinski definition) is 3. The van der Waals surface area contributed by atoms with E-state index in [2.05, 4.69) is 20.9 Å². The molecular formula is C22H36N4O2. The molecule has 0 heterocycles. The Morgan fingerprint density at radius 3 is 2.57 bits per heavy atom. The monoisotopic (exact) mass is 388 g/mol. The van der Waals surface area contributed by atoms with Crippen LogP contribution in [0.2, 0.25) is 0 Å². The van der Waals surface area contributed by atoms with Gasteiger partial charge in [-0.15, -0.1) is 0 Å². The van der Waals surface area contributed by atoms with Gasteiger partial charge in [-0.3, -0.25) is 9.79 Å². The summed E-state index contributed by atoms with van der Waals surface area (Å²) in [5.41, 5.74) is 1.97. The molecule has 1 aromatic rings. The van der Waals surface area contributed by atoms with Crippen LogP contribution in [0.4, 0.5) is 5.69 Å². The maximum absolute atomic E-state index is 11.6. The molecule has 2 rings (SSSR count).